The summed E-state index contributed by atoms with van der Waals surface area (Å²) in [5, 5.41) is 13.0. The second-order valence-corrected chi connectivity index (χ2v) is 5.49. The second kappa shape index (κ2) is 5.37. The Morgan fingerprint density at radius 2 is 2.33 bits per heavy atom. The average molecular weight is 283 g/mol. The first-order valence-electron chi connectivity index (χ1n) is 5.24. The van der Waals surface area contributed by atoms with Gasteiger partial charge in [0.1, 0.15) is 9.34 Å². The lowest BCUT2D eigenvalue weighted by Crippen LogP contribution is -2.03. The molecule has 0 saturated heterocycles. The van der Waals surface area contributed by atoms with E-state index in [0.29, 0.717) is 10.9 Å². The van der Waals surface area contributed by atoms with E-state index in [9.17, 15) is 4.79 Å². The van der Waals surface area contributed by atoms with E-state index in [1.54, 1.807) is 24.4 Å². The zero-order chi connectivity index (χ0) is 13.1. The van der Waals surface area contributed by atoms with Crippen molar-refractivity contribution in [1.29, 1.82) is 0 Å². The predicted octanol–water partition coefficient (Wildman–Crippen LogP) is 3.42. The third-order valence-corrected chi connectivity index (χ3v) is 3.55. The lowest BCUT2D eigenvalue weighted by atomic mass is 10.1. The summed E-state index contributed by atoms with van der Waals surface area (Å²) < 4.78 is 0.641. The fourth-order valence-electron chi connectivity index (χ4n) is 1.49. The van der Waals surface area contributed by atoms with Gasteiger partial charge in [0.25, 0.3) is 0 Å². The number of nitrogens with zero attached hydrogens (tertiary/aromatic N) is 1. The first kappa shape index (κ1) is 12.9. The summed E-state index contributed by atoms with van der Waals surface area (Å²) in [7, 11) is 0. The van der Waals surface area contributed by atoms with Crippen LogP contribution >= 0.6 is 22.9 Å². The molecular formula is C12H11ClN2O2S. The highest BCUT2D eigenvalue weighted by Crippen LogP contribution is 2.21. The summed E-state index contributed by atoms with van der Waals surface area (Å²) in [5.41, 5.74) is 2.05. The lowest BCUT2D eigenvalue weighted by Gasteiger charge is -2.08. The number of hydrogen-bond acceptors (Lipinski definition) is 4. The Balaban J connectivity index is 2.13. The molecule has 2 rings (SSSR count). The Labute approximate surface area is 113 Å². The van der Waals surface area contributed by atoms with Gasteiger partial charge in [-0.1, -0.05) is 17.7 Å². The molecule has 0 spiro atoms. The van der Waals surface area contributed by atoms with Gasteiger partial charge in [0.2, 0.25) is 0 Å². The van der Waals surface area contributed by atoms with Crippen molar-refractivity contribution in [3.63, 3.8) is 0 Å². The smallest absolute Gasteiger partial charge is 0.335 e. The number of aromatic nitrogens is 1. The number of thiazole rings is 1. The molecular weight excluding hydrogens is 272 g/mol. The van der Waals surface area contributed by atoms with Gasteiger partial charge in [-0.2, -0.15) is 0 Å². The molecule has 4 nitrogen and oxygen atoms in total. The molecule has 0 aliphatic carbocycles. The van der Waals surface area contributed by atoms with Crippen LogP contribution in [-0.2, 0) is 6.54 Å². The van der Waals surface area contributed by atoms with Crippen LogP contribution in [-0.4, -0.2) is 16.1 Å². The SMILES string of the molecule is Cc1ccc(C(=O)O)cc1NCc1ncc(Cl)s1. The van der Waals surface area contributed by atoms with Crippen LogP contribution in [0.2, 0.25) is 4.34 Å². The predicted molar refractivity (Wildman–Crippen MR) is 72.6 cm³/mol. The van der Waals surface area contributed by atoms with Crippen molar-refractivity contribution in [3.8, 4) is 0 Å². The molecule has 0 atom stereocenters. The van der Waals surface area contributed by atoms with Crippen molar-refractivity contribution in [2.24, 2.45) is 0 Å². The zero-order valence-corrected chi connectivity index (χ0v) is 11.2. The maximum atomic E-state index is 10.9. The Hall–Kier alpha value is -1.59. The number of carboxylic acids is 1. The number of carbonyl (C=O) groups is 1. The number of benzene rings is 1. The van der Waals surface area contributed by atoms with Crippen molar-refractivity contribution < 1.29 is 9.90 Å². The van der Waals surface area contributed by atoms with Crippen molar-refractivity contribution >= 4 is 34.6 Å². The summed E-state index contributed by atoms with van der Waals surface area (Å²) in [6.07, 6.45) is 1.60. The van der Waals surface area contributed by atoms with Crippen LogP contribution < -0.4 is 5.32 Å². The summed E-state index contributed by atoms with van der Waals surface area (Å²) in [4.78, 5) is 15.0. The molecule has 0 bridgehead atoms. The van der Waals surface area contributed by atoms with Gasteiger partial charge >= 0.3 is 5.97 Å². The minimum atomic E-state index is -0.935. The van der Waals surface area contributed by atoms with E-state index in [-0.39, 0.29) is 5.56 Å². The molecule has 18 heavy (non-hydrogen) atoms. The lowest BCUT2D eigenvalue weighted by molar-refractivity contribution is 0.0697. The van der Waals surface area contributed by atoms with E-state index >= 15 is 0 Å². The molecule has 2 aromatic rings. The molecule has 1 aromatic carbocycles. The van der Waals surface area contributed by atoms with Crippen LogP contribution in [0.25, 0.3) is 0 Å². The summed E-state index contributed by atoms with van der Waals surface area (Å²) in [6.45, 7) is 2.45. The summed E-state index contributed by atoms with van der Waals surface area (Å²) in [6, 6.07) is 4.98. The zero-order valence-electron chi connectivity index (χ0n) is 9.61. The maximum Gasteiger partial charge on any atom is 0.335 e. The summed E-state index contributed by atoms with van der Waals surface area (Å²) >= 11 is 7.19. The largest absolute Gasteiger partial charge is 0.478 e. The van der Waals surface area contributed by atoms with Gasteiger partial charge < -0.3 is 10.4 Å². The van der Waals surface area contributed by atoms with Crippen LogP contribution in [0.3, 0.4) is 0 Å². The first-order chi connectivity index (χ1) is 8.56. The van der Waals surface area contributed by atoms with E-state index in [2.05, 4.69) is 10.3 Å². The van der Waals surface area contributed by atoms with Gasteiger partial charge in [0.15, 0.2) is 0 Å². The number of aryl methyl sites for hydroxylation is 1. The van der Waals surface area contributed by atoms with E-state index in [4.69, 9.17) is 16.7 Å². The van der Waals surface area contributed by atoms with Gasteiger partial charge in [-0.15, -0.1) is 11.3 Å². The number of halogens is 1. The van der Waals surface area contributed by atoms with E-state index in [0.717, 1.165) is 16.3 Å². The molecule has 0 unspecified atom stereocenters. The topological polar surface area (TPSA) is 62.2 Å². The fourth-order valence-corrected chi connectivity index (χ4v) is 2.38. The first-order valence-corrected chi connectivity index (χ1v) is 6.44. The van der Waals surface area contributed by atoms with E-state index in [1.165, 1.54) is 11.3 Å². The molecule has 94 valence electrons. The number of nitrogens with one attached hydrogen (secondary N) is 1. The Morgan fingerprint density at radius 1 is 1.56 bits per heavy atom. The van der Waals surface area contributed by atoms with Crippen LogP contribution in [0.15, 0.2) is 24.4 Å². The number of aromatic carboxylic acids is 1. The van der Waals surface area contributed by atoms with Gasteiger partial charge in [-0.25, -0.2) is 9.78 Å². The Bertz CT molecular complexity index is 583. The van der Waals surface area contributed by atoms with Crippen molar-refractivity contribution in [2.75, 3.05) is 5.32 Å². The number of rotatable bonds is 4. The highest BCUT2D eigenvalue weighted by Gasteiger charge is 2.07. The Morgan fingerprint density at radius 3 is 2.94 bits per heavy atom. The molecule has 0 radical (unpaired) electrons. The van der Waals surface area contributed by atoms with E-state index in [1.807, 2.05) is 6.92 Å². The Kier molecular flexibility index (Phi) is 3.84. The van der Waals surface area contributed by atoms with Gasteiger partial charge in [0, 0.05) is 5.69 Å². The minimum absolute atomic E-state index is 0.264. The average Bonchev–Trinajstić information content (AvgIpc) is 2.74. The monoisotopic (exact) mass is 282 g/mol. The van der Waals surface area contributed by atoms with Crippen molar-refractivity contribution in [1.82, 2.24) is 4.98 Å². The maximum absolute atomic E-state index is 10.9. The molecule has 0 aliphatic rings. The molecule has 6 heteroatoms. The minimum Gasteiger partial charge on any atom is -0.478 e. The van der Waals surface area contributed by atoms with Crippen molar-refractivity contribution in [3.05, 3.63) is 44.9 Å². The van der Waals surface area contributed by atoms with Crippen LogP contribution in [0.4, 0.5) is 5.69 Å². The summed E-state index contributed by atoms with van der Waals surface area (Å²) in [5.74, 6) is -0.935. The normalized spacial score (nSPS) is 10.3. The third kappa shape index (κ3) is 3.00. The number of carboxylic acid groups (broad SMARTS) is 1. The standard InChI is InChI=1S/C12H11ClN2O2S/c1-7-2-3-8(12(16)17)4-9(7)14-6-11-15-5-10(13)18-11/h2-5,14H,6H2,1H3,(H,16,17). The highest BCUT2D eigenvalue weighted by molar-refractivity contribution is 7.15. The molecule has 0 saturated carbocycles. The third-order valence-electron chi connectivity index (χ3n) is 2.44. The fraction of sp³-hybridized carbons (Fsp3) is 0.167. The number of hydrogen-bond donors (Lipinski definition) is 2. The molecule has 2 N–H and O–H groups in total. The van der Waals surface area contributed by atoms with Gasteiger partial charge in [-0.3, -0.25) is 0 Å². The highest BCUT2D eigenvalue weighted by atomic mass is 35.5. The number of anilines is 1. The molecule has 0 aliphatic heterocycles. The molecule has 0 amide bonds. The molecule has 0 fully saturated rings. The van der Waals surface area contributed by atoms with Crippen molar-refractivity contribution in [2.45, 2.75) is 13.5 Å². The molecule has 1 aromatic heterocycles. The van der Waals surface area contributed by atoms with E-state index < -0.39 is 5.97 Å². The quantitative estimate of drug-likeness (QED) is 0.902. The van der Waals surface area contributed by atoms with Gasteiger partial charge in [0.05, 0.1) is 18.3 Å². The van der Waals surface area contributed by atoms with Gasteiger partial charge in [-0.05, 0) is 24.6 Å². The van der Waals surface area contributed by atoms with Crippen LogP contribution in [0, 0.1) is 6.92 Å². The molecule has 1 heterocycles. The van der Waals surface area contributed by atoms with Crippen LogP contribution in [0.1, 0.15) is 20.9 Å². The van der Waals surface area contributed by atoms with Crippen LogP contribution in [0.5, 0.6) is 0 Å². The second-order valence-electron chi connectivity index (χ2n) is 3.75.